The van der Waals surface area contributed by atoms with E-state index in [1.165, 1.54) is 51.7 Å². The largest absolute Gasteiger partial charge is 0.381 e. The van der Waals surface area contributed by atoms with E-state index < -0.39 is 0 Å². The van der Waals surface area contributed by atoms with E-state index in [9.17, 15) is 0 Å². The molecule has 2 fully saturated rings. The first-order chi connectivity index (χ1) is 9.79. The Morgan fingerprint density at radius 1 is 0.857 bits per heavy atom. The predicted molar refractivity (Wildman–Crippen MR) is 90.6 cm³/mol. The molecular formula is C19H37NO. The van der Waals surface area contributed by atoms with Gasteiger partial charge in [0.1, 0.15) is 0 Å². The number of piperidine rings is 1. The molecule has 0 radical (unpaired) electrons. The molecule has 2 rings (SSSR count). The van der Waals surface area contributed by atoms with Gasteiger partial charge in [-0.3, -0.25) is 0 Å². The van der Waals surface area contributed by atoms with Crippen molar-refractivity contribution in [3.05, 3.63) is 0 Å². The summed E-state index contributed by atoms with van der Waals surface area (Å²) < 4.78 is 5.52. The van der Waals surface area contributed by atoms with E-state index in [1.807, 2.05) is 0 Å². The maximum atomic E-state index is 5.52. The molecule has 0 bridgehead atoms. The third kappa shape index (κ3) is 4.96. The number of likely N-dealkylation sites (tertiary alicyclic amines) is 1. The van der Waals surface area contributed by atoms with Gasteiger partial charge < -0.3 is 9.64 Å². The molecule has 2 heterocycles. The summed E-state index contributed by atoms with van der Waals surface area (Å²) in [5.41, 5.74) is 0.970. The van der Waals surface area contributed by atoms with Gasteiger partial charge >= 0.3 is 0 Å². The summed E-state index contributed by atoms with van der Waals surface area (Å²) in [6.45, 7) is 18.0. The van der Waals surface area contributed by atoms with Gasteiger partial charge in [0, 0.05) is 13.2 Å². The van der Waals surface area contributed by atoms with E-state index in [0.717, 1.165) is 25.0 Å². The van der Waals surface area contributed by atoms with E-state index in [0.29, 0.717) is 10.8 Å². The third-order valence-corrected chi connectivity index (χ3v) is 6.21. The molecule has 0 aromatic heterocycles. The number of ether oxygens (including phenoxy) is 1. The maximum Gasteiger partial charge on any atom is 0.0468 e. The summed E-state index contributed by atoms with van der Waals surface area (Å²) in [6, 6.07) is 0. The minimum Gasteiger partial charge on any atom is -0.381 e. The molecule has 2 aliphatic rings. The minimum atomic E-state index is 0.477. The van der Waals surface area contributed by atoms with Gasteiger partial charge in [0.05, 0.1) is 0 Å². The Morgan fingerprint density at radius 3 is 1.95 bits per heavy atom. The van der Waals surface area contributed by atoms with Crippen LogP contribution in [-0.2, 0) is 4.74 Å². The first-order valence-electron chi connectivity index (χ1n) is 9.09. The fraction of sp³-hybridized carbons (Fsp3) is 1.00. The van der Waals surface area contributed by atoms with Gasteiger partial charge in [-0.15, -0.1) is 0 Å². The van der Waals surface area contributed by atoms with Crippen molar-refractivity contribution in [3.8, 4) is 0 Å². The molecule has 2 aliphatic heterocycles. The number of rotatable bonds is 4. The van der Waals surface area contributed by atoms with Gasteiger partial charge in [0.25, 0.3) is 0 Å². The van der Waals surface area contributed by atoms with Crippen LogP contribution in [0.4, 0.5) is 0 Å². The highest BCUT2D eigenvalue weighted by Crippen LogP contribution is 2.38. The van der Waals surface area contributed by atoms with Gasteiger partial charge in [-0.2, -0.15) is 0 Å². The fourth-order valence-electron chi connectivity index (χ4n) is 4.15. The summed E-state index contributed by atoms with van der Waals surface area (Å²) in [5, 5.41) is 0. The van der Waals surface area contributed by atoms with Crippen LogP contribution in [0.1, 0.15) is 66.7 Å². The molecular weight excluding hydrogens is 258 g/mol. The van der Waals surface area contributed by atoms with Gasteiger partial charge in [0.2, 0.25) is 0 Å². The van der Waals surface area contributed by atoms with Crippen molar-refractivity contribution >= 4 is 0 Å². The van der Waals surface area contributed by atoms with Crippen LogP contribution in [0.2, 0.25) is 0 Å². The lowest BCUT2D eigenvalue weighted by atomic mass is 9.72. The van der Waals surface area contributed by atoms with Crippen LogP contribution in [-0.4, -0.2) is 37.7 Å². The van der Waals surface area contributed by atoms with Crippen molar-refractivity contribution in [2.45, 2.75) is 66.7 Å². The van der Waals surface area contributed by atoms with Crippen molar-refractivity contribution in [2.24, 2.45) is 22.7 Å². The molecule has 0 spiro atoms. The number of nitrogens with zero attached hydrogens (tertiary/aromatic N) is 1. The second-order valence-corrected chi connectivity index (χ2v) is 9.11. The van der Waals surface area contributed by atoms with Crippen molar-refractivity contribution in [1.82, 2.24) is 4.90 Å². The second-order valence-electron chi connectivity index (χ2n) is 9.11. The summed E-state index contributed by atoms with van der Waals surface area (Å²) >= 11 is 0. The monoisotopic (exact) mass is 295 g/mol. The van der Waals surface area contributed by atoms with E-state index >= 15 is 0 Å². The summed E-state index contributed by atoms with van der Waals surface area (Å²) in [7, 11) is 0. The Hall–Kier alpha value is -0.0800. The van der Waals surface area contributed by atoms with Crippen LogP contribution in [0.25, 0.3) is 0 Å². The SMILES string of the molecule is CC(C)(C)C1CCN(CCC(C)(C)C2CCOCC2)CC1. The van der Waals surface area contributed by atoms with Gasteiger partial charge in [-0.1, -0.05) is 34.6 Å². The molecule has 2 saturated heterocycles. The van der Waals surface area contributed by atoms with Gasteiger partial charge in [-0.25, -0.2) is 0 Å². The number of hydrogen-bond acceptors (Lipinski definition) is 2. The molecule has 2 heteroatoms. The van der Waals surface area contributed by atoms with Crippen molar-refractivity contribution < 1.29 is 4.74 Å². The van der Waals surface area contributed by atoms with Crippen molar-refractivity contribution in [3.63, 3.8) is 0 Å². The smallest absolute Gasteiger partial charge is 0.0468 e. The Labute approximate surface area is 132 Å². The Bertz CT molecular complexity index is 304. The molecule has 0 N–H and O–H groups in total. The molecule has 0 unspecified atom stereocenters. The first kappa shape index (κ1) is 17.3. The van der Waals surface area contributed by atoms with Crippen LogP contribution in [0.5, 0.6) is 0 Å². The normalized spacial score (nSPS) is 24.4. The van der Waals surface area contributed by atoms with Gasteiger partial charge in [-0.05, 0) is 74.4 Å². The van der Waals surface area contributed by atoms with Crippen LogP contribution >= 0.6 is 0 Å². The molecule has 0 aromatic rings. The van der Waals surface area contributed by atoms with E-state index in [-0.39, 0.29) is 0 Å². The van der Waals surface area contributed by atoms with Crippen LogP contribution < -0.4 is 0 Å². The highest BCUT2D eigenvalue weighted by atomic mass is 16.5. The van der Waals surface area contributed by atoms with Crippen LogP contribution in [0, 0.1) is 22.7 Å². The summed E-state index contributed by atoms with van der Waals surface area (Å²) in [4.78, 5) is 2.71. The highest BCUT2D eigenvalue weighted by molar-refractivity contribution is 4.84. The average Bonchev–Trinajstić information content (AvgIpc) is 2.46. The molecule has 124 valence electrons. The Kier molecular flexibility index (Phi) is 5.76. The maximum absolute atomic E-state index is 5.52. The van der Waals surface area contributed by atoms with E-state index in [1.54, 1.807) is 0 Å². The zero-order valence-corrected chi connectivity index (χ0v) is 15.1. The Morgan fingerprint density at radius 2 is 1.43 bits per heavy atom. The standard InChI is InChI=1S/C19H37NO/c1-18(2,3)16-6-11-20(12-7-16)13-10-19(4,5)17-8-14-21-15-9-17/h16-17H,6-15H2,1-5H3. The summed E-state index contributed by atoms with van der Waals surface area (Å²) in [5.74, 6) is 1.77. The minimum absolute atomic E-state index is 0.477. The zero-order chi connectivity index (χ0) is 15.5. The lowest BCUT2D eigenvalue weighted by Gasteiger charge is -2.41. The average molecular weight is 296 g/mol. The molecule has 2 nitrogen and oxygen atoms in total. The molecule has 21 heavy (non-hydrogen) atoms. The fourth-order valence-corrected chi connectivity index (χ4v) is 4.15. The van der Waals surface area contributed by atoms with Crippen molar-refractivity contribution in [2.75, 3.05) is 32.8 Å². The molecule has 0 aromatic carbocycles. The summed E-state index contributed by atoms with van der Waals surface area (Å²) in [6.07, 6.45) is 6.65. The molecule has 0 aliphatic carbocycles. The first-order valence-corrected chi connectivity index (χ1v) is 9.09. The number of hydrogen-bond donors (Lipinski definition) is 0. The quantitative estimate of drug-likeness (QED) is 0.752. The van der Waals surface area contributed by atoms with E-state index in [4.69, 9.17) is 4.74 Å². The third-order valence-electron chi connectivity index (χ3n) is 6.21. The van der Waals surface area contributed by atoms with Crippen LogP contribution in [0.15, 0.2) is 0 Å². The lowest BCUT2D eigenvalue weighted by Crippen LogP contribution is -2.40. The molecule has 0 atom stereocenters. The zero-order valence-electron chi connectivity index (χ0n) is 15.1. The van der Waals surface area contributed by atoms with Crippen LogP contribution in [0.3, 0.4) is 0 Å². The molecule has 0 amide bonds. The second kappa shape index (κ2) is 7.00. The topological polar surface area (TPSA) is 12.5 Å². The highest BCUT2D eigenvalue weighted by Gasteiger charge is 2.33. The lowest BCUT2D eigenvalue weighted by molar-refractivity contribution is 0.0135. The Balaban J connectivity index is 1.73. The van der Waals surface area contributed by atoms with E-state index in [2.05, 4.69) is 39.5 Å². The molecule has 0 saturated carbocycles. The predicted octanol–water partition coefficient (Wildman–Crippen LogP) is 4.59. The van der Waals surface area contributed by atoms with Crippen molar-refractivity contribution in [1.29, 1.82) is 0 Å². The van der Waals surface area contributed by atoms with Gasteiger partial charge in [0.15, 0.2) is 0 Å².